The molecular formula is C21H24N2O5. The van der Waals surface area contributed by atoms with Gasteiger partial charge in [0.1, 0.15) is 12.4 Å². The third kappa shape index (κ3) is 5.53. The van der Waals surface area contributed by atoms with Crippen molar-refractivity contribution < 1.29 is 24.1 Å². The highest BCUT2D eigenvalue weighted by atomic mass is 16.5. The van der Waals surface area contributed by atoms with Gasteiger partial charge in [0, 0.05) is 24.4 Å². The van der Waals surface area contributed by atoms with Crippen LogP contribution in [0.5, 0.6) is 11.8 Å². The first kappa shape index (κ1) is 19.8. The number of hydrogen-bond donors (Lipinski definition) is 1. The largest absolute Gasteiger partial charge is 0.489 e. The number of methoxy groups -OCH3 is 1. The molecule has 1 aromatic heterocycles. The number of rotatable bonds is 9. The molecule has 0 spiro atoms. The molecule has 2 aromatic rings. The summed E-state index contributed by atoms with van der Waals surface area (Å²) < 4.78 is 16.6. The Labute approximate surface area is 164 Å². The summed E-state index contributed by atoms with van der Waals surface area (Å²) in [7, 11) is 1.54. The number of nitrogens with zero attached hydrogens (tertiary/aromatic N) is 2. The SMILES string of the molecule is COc1ncc(C2=C(COc3ccc(CCCC(=O)O)cc3)COCC2)cn1. The summed E-state index contributed by atoms with van der Waals surface area (Å²) in [4.78, 5) is 19.0. The average Bonchev–Trinajstić information content (AvgIpc) is 2.73. The van der Waals surface area contributed by atoms with Crippen molar-refractivity contribution in [2.24, 2.45) is 0 Å². The monoisotopic (exact) mass is 384 g/mol. The summed E-state index contributed by atoms with van der Waals surface area (Å²) in [5, 5.41) is 8.71. The van der Waals surface area contributed by atoms with Crippen LogP contribution < -0.4 is 9.47 Å². The first-order valence-corrected chi connectivity index (χ1v) is 9.24. The molecule has 0 saturated carbocycles. The van der Waals surface area contributed by atoms with Crippen LogP contribution in [0.4, 0.5) is 0 Å². The maximum atomic E-state index is 10.6. The third-order valence-corrected chi connectivity index (χ3v) is 4.55. The Morgan fingerprint density at radius 2 is 1.96 bits per heavy atom. The van der Waals surface area contributed by atoms with Crippen molar-refractivity contribution in [3.05, 3.63) is 53.4 Å². The van der Waals surface area contributed by atoms with E-state index in [1.807, 2.05) is 24.3 Å². The fourth-order valence-corrected chi connectivity index (χ4v) is 3.05. The van der Waals surface area contributed by atoms with Crippen LogP contribution in [0.2, 0.25) is 0 Å². The number of hydrogen-bond acceptors (Lipinski definition) is 6. The quantitative estimate of drug-likeness (QED) is 0.710. The fraction of sp³-hybridized carbons (Fsp3) is 0.381. The zero-order valence-electron chi connectivity index (χ0n) is 15.9. The summed E-state index contributed by atoms with van der Waals surface area (Å²) in [5.74, 6) is 0.00591. The summed E-state index contributed by atoms with van der Waals surface area (Å²) in [6.45, 7) is 1.62. The van der Waals surface area contributed by atoms with Crippen molar-refractivity contribution in [3.63, 3.8) is 0 Å². The predicted molar refractivity (Wildman–Crippen MR) is 103 cm³/mol. The van der Waals surface area contributed by atoms with Gasteiger partial charge in [0.15, 0.2) is 0 Å². The number of aliphatic carboxylic acids is 1. The van der Waals surface area contributed by atoms with Gasteiger partial charge in [-0.1, -0.05) is 12.1 Å². The van der Waals surface area contributed by atoms with E-state index in [2.05, 4.69) is 9.97 Å². The highest BCUT2D eigenvalue weighted by Gasteiger charge is 2.16. The van der Waals surface area contributed by atoms with Gasteiger partial charge in [-0.2, -0.15) is 0 Å². The lowest BCUT2D eigenvalue weighted by atomic mass is 9.98. The summed E-state index contributed by atoms with van der Waals surface area (Å²) >= 11 is 0. The van der Waals surface area contributed by atoms with Crippen molar-refractivity contribution >= 4 is 11.5 Å². The Bertz CT molecular complexity index is 816. The summed E-state index contributed by atoms with van der Waals surface area (Å²) in [5.41, 5.74) is 4.28. The molecular weight excluding hydrogens is 360 g/mol. The fourth-order valence-electron chi connectivity index (χ4n) is 3.05. The molecule has 0 aliphatic carbocycles. The minimum absolute atomic E-state index is 0.185. The van der Waals surface area contributed by atoms with Crippen LogP contribution >= 0.6 is 0 Å². The molecule has 0 radical (unpaired) electrons. The Morgan fingerprint density at radius 3 is 2.64 bits per heavy atom. The highest BCUT2D eigenvalue weighted by Crippen LogP contribution is 2.27. The number of benzene rings is 1. The molecule has 0 amide bonds. The van der Waals surface area contributed by atoms with Crippen molar-refractivity contribution in [3.8, 4) is 11.8 Å². The van der Waals surface area contributed by atoms with E-state index in [9.17, 15) is 4.79 Å². The van der Waals surface area contributed by atoms with Gasteiger partial charge in [-0.3, -0.25) is 4.79 Å². The lowest BCUT2D eigenvalue weighted by molar-refractivity contribution is -0.137. The molecule has 0 atom stereocenters. The van der Waals surface area contributed by atoms with Crippen LogP contribution in [0.15, 0.2) is 42.2 Å². The molecule has 3 rings (SSSR count). The standard InChI is InChI=1S/C21H24N2O5/c1-26-21-22-11-16(12-23-21)19-9-10-27-13-17(19)14-28-18-7-5-15(6-8-18)3-2-4-20(24)25/h5-8,11-12H,2-4,9-10,13-14H2,1H3,(H,24,25). The van der Waals surface area contributed by atoms with E-state index in [-0.39, 0.29) is 6.42 Å². The predicted octanol–water partition coefficient (Wildman–Crippen LogP) is 3.15. The second-order valence-electron chi connectivity index (χ2n) is 6.52. The van der Waals surface area contributed by atoms with Crippen LogP contribution in [-0.4, -0.2) is 48.0 Å². The van der Waals surface area contributed by atoms with E-state index in [1.54, 1.807) is 19.5 Å². The number of aryl methyl sites for hydroxylation is 1. The molecule has 1 aliphatic rings. The molecule has 1 aliphatic heterocycles. The van der Waals surface area contributed by atoms with Crippen molar-refractivity contribution in [2.75, 3.05) is 26.9 Å². The van der Waals surface area contributed by atoms with E-state index < -0.39 is 5.97 Å². The Morgan fingerprint density at radius 1 is 1.21 bits per heavy atom. The first-order chi connectivity index (χ1) is 13.7. The maximum absolute atomic E-state index is 10.6. The van der Waals surface area contributed by atoms with Gasteiger partial charge in [0.2, 0.25) is 0 Å². The Hall–Kier alpha value is -2.93. The number of carboxylic acids is 1. The van der Waals surface area contributed by atoms with Crippen molar-refractivity contribution in [1.29, 1.82) is 0 Å². The van der Waals surface area contributed by atoms with E-state index in [4.69, 9.17) is 19.3 Å². The normalized spacial score (nSPS) is 14.0. The van der Waals surface area contributed by atoms with Crippen LogP contribution in [0.1, 0.15) is 30.4 Å². The lowest BCUT2D eigenvalue weighted by Crippen LogP contribution is -2.16. The van der Waals surface area contributed by atoms with E-state index >= 15 is 0 Å². The maximum Gasteiger partial charge on any atom is 0.316 e. The van der Waals surface area contributed by atoms with Crippen LogP contribution in [0, 0.1) is 0 Å². The van der Waals surface area contributed by atoms with Gasteiger partial charge < -0.3 is 19.3 Å². The first-order valence-electron chi connectivity index (χ1n) is 9.24. The lowest BCUT2D eigenvalue weighted by Gasteiger charge is -2.21. The molecule has 28 heavy (non-hydrogen) atoms. The molecule has 0 unspecified atom stereocenters. The van der Waals surface area contributed by atoms with Crippen molar-refractivity contribution in [1.82, 2.24) is 9.97 Å². The smallest absolute Gasteiger partial charge is 0.316 e. The van der Waals surface area contributed by atoms with Crippen molar-refractivity contribution in [2.45, 2.75) is 25.7 Å². The average molecular weight is 384 g/mol. The summed E-state index contributed by atoms with van der Waals surface area (Å²) in [6, 6.07) is 8.12. The third-order valence-electron chi connectivity index (χ3n) is 4.55. The van der Waals surface area contributed by atoms with Gasteiger partial charge in [-0.15, -0.1) is 0 Å². The number of carboxylic acid groups (broad SMARTS) is 1. The van der Waals surface area contributed by atoms with Crippen LogP contribution in [-0.2, 0) is 16.0 Å². The molecule has 7 heteroatoms. The Kier molecular flexibility index (Phi) is 6.97. The van der Waals surface area contributed by atoms with Gasteiger partial charge in [-0.05, 0) is 48.1 Å². The van der Waals surface area contributed by atoms with Crippen LogP contribution in [0.25, 0.3) is 5.57 Å². The van der Waals surface area contributed by atoms with E-state index in [1.165, 1.54) is 0 Å². The molecule has 148 valence electrons. The zero-order chi connectivity index (χ0) is 19.8. The second kappa shape index (κ2) is 9.85. The van der Waals surface area contributed by atoms with Crippen LogP contribution in [0.3, 0.4) is 0 Å². The molecule has 0 bridgehead atoms. The highest BCUT2D eigenvalue weighted by molar-refractivity contribution is 5.69. The van der Waals surface area contributed by atoms with Gasteiger partial charge in [0.25, 0.3) is 0 Å². The molecule has 7 nitrogen and oxygen atoms in total. The topological polar surface area (TPSA) is 90.8 Å². The molecule has 2 heterocycles. The molecule has 0 fully saturated rings. The minimum atomic E-state index is -0.763. The number of ether oxygens (including phenoxy) is 3. The molecule has 0 saturated heterocycles. The summed E-state index contributed by atoms with van der Waals surface area (Å²) in [6.07, 6.45) is 5.87. The van der Waals surface area contributed by atoms with Gasteiger partial charge >= 0.3 is 12.0 Å². The zero-order valence-corrected chi connectivity index (χ0v) is 15.9. The number of aromatic nitrogens is 2. The molecule has 1 aromatic carbocycles. The minimum Gasteiger partial charge on any atom is -0.489 e. The number of carbonyl (C=O) groups is 1. The molecule has 1 N–H and O–H groups in total. The Balaban J connectivity index is 1.62. The van der Waals surface area contributed by atoms with E-state index in [0.717, 1.165) is 40.9 Å². The van der Waals surface area contributed by atoms with E-state index in [0.29, 0.717) is 32.3 Å². The van der Waals surface area contributed by atoms with Gasteiger partial charge in [-0.25, -0.2) is 9.97 Å². The van der Waals surface area contributed by atoms with Gasteiger partial charge in [0.05, 0.1) is 20.3 Å². The second-order valence-corrected chi connectivity index (χ2v) is 6.52.